The maximum atomic E-state index is 12.4. The van der Waals surface area contributed by atoms with E-state index in [9.17, 15) is 8.42 Å². The van der Waals surface area contributed by atoms with Crippen molar-refractivity contribution < 1.29 is 13.2 Å². The zero-order valence-corrected chi connectivity index (χ0v) is 13.3. The summed E-state index contributed by atoms with van der Waals surface area (Å²) in [4.78, 5) is 0. The van der Waals surface area contributed by atoms with Crippen LogP contribution in [0.1, 0.15) is 44.9 Å². The summed E-state index contributed by atoms with van der Waals surface area (Å²) in [6.07, 6.45) is 8.76. The van der Waals surface area contributed by atoms with Gasteiger partial charge >= 0.3 is 0 Å². The average Bonchev–Trinajstić information content (AvgIpc) is 3.12. The third-order valence-electron chi connectivity index (χ3n) is 5.69. The van der Waals surface area contributed by atoms with Gasteiger partial charge in [0.25, 0.3) is 0 Å². The monoisotopic (exact) mass is 301 g/mol. The number of rotatable bonds is 6. The molecule has 3 fully saturated rings. The Labute approximate surface area is 122 Å². The van der Waals surface area contributed by atoms with E-state index in [2.05, 4.69) is 0 Å². The zero-order valence-electron chi connectivity index (χ0n) is 12.5. The lowest BCUT2D eigenvalue weighted by atomic mass is 9.84. The van der Waals surface area contributed by atoms with Crippen LogP contribution in [0.3, 0.4) is 0 Å². The van der Waals surface area contributed by atoms with Gasteiger partial charge < -0.3 is 4.74 Å². The first-order chi connectivity index (χ1) is 9.60. The van der Waals surface area contributed by atoms with Crippen LogP contribution in [0, 0.1) is 17.8 Å². The number of hydrogen-bond donors (Lipinski definition) is 0. The summed E-state index contributed by atoms with van der Waals surface area (Å²) in [6.45, 7) is 1.03. The van der Waals surface area contributed by atoms with E-state index in [1.54, 1.807) is 11.4 Å². The summed E-state index contributed by atoms with van der Waals surface area (Å²) in [6, 6.07) is 0.265. The summed E-state index contributed by atoms with van der Waals surface area (Å²) < 4.78 is 31.5. The van der Waals surface area contributed by atoms with Gasteiger partial charge in [0.1, 0.15) is 0 Å². The number of methoxy groups -OCH3 is 1. The van der Waals surface area contributed by atoms with E-state index in [4.69, 9.17) is 4.74 Å². The Hall–Kier alpha value is -0.130. The van der Waals surface area contributed by atoms with Gasteiger partial charge in [0, 0.05) is 19.7 Å². The fourth-order valence-electron chi connectivity index (χ4n) is 4.73. The average molecular weight is 301 g/mol. The SMILES string of the molecule is COCCS(=O)(=O)N1CCC[C@@H]1C[C@@H]1C[C@H]2CC[C@H]1C2. The molecular weight excluding hydrogens is 274 g/mol. The smallest absolute Gasteiger partial charge is 0.216 e. The van der Waals surface area contributed by atoms with Crippen molar-refractivity contribution in [3.05, 3.63) is 0 Å². The molecular formula is C15H27NO3S. The molecule has 2 aliphatic carbocycles. The molecule has 20 heavy (non-hydrogen) atoms. The minimum atomic E-state index is -3.12. The predicted molar refractivity (Wildman–Crippen MR) is 78.9 cm³/mol. The fourth-order valence-corrected chi connectivity index (χ4v) is 6.40. The second kappa shape index (κ2) is 5.93. The summed E-state index contributed by atoms with van der Waals surface area (Å²) in [5.74, 6) is 2.77. The minimum absolute atomic E-state index is 0.136. The van der Waals surface area contributed by atoms with Gasteiger partial charge in [0.05, 0.1) is 12.4 Å². The van der Waals surface area contributed by atoms with E-state index < -0.39 is 10.0 Å². The van der Waals surface area contributed by atoms with Gasteiger partial charge in [-0.05, 0) is 56.3 Å². The van der Waals surface area contributed by atoms with Gasteiger partial charge in [-0.3, -0.25) is 0 Å². The maximum absolute atomic E-state index is 12.4. The number of sulfonamides is 1. The standard InChI is InChI=1S/C15H27NO3S/c1-19-7-8-20(17,18)16-6-2-3-15(16)11-14-10-12-4-5-13(14)9-12/h12-15H,2-11H2,1H3/t12-,13-,14-,15+/m0/s1. The summed E-state index contributed by atoms with van der Waals surface area (Å²) in [5.41, 5.74) is 0. The topological polar surface area (TPSA) is 46.6 Å². The molecule has 0 N–H and O–H groups in total. The molecule has 1 heterocycles. The number of ether oxygens (including phenoxy) is 1. The molecule has 0 spiro atoms. The molecule has 1 saturated heterocycles. The summed E-state index contributed by atoms with van der Waals surface area (Å²) >= 11 is 0. The molecule has 0 radical (unpaired) electrons. The normalized spacial score (nSPS) is 37.9. The lowest BCUT2D eigenvalue weighted by Gasteiger charge is -2.29. The molecule has 3 aliphatic rings. The van der Waals surface area contributed by atoms with E-state index in [1.165, 1.54) is 25.7 Å². The van der Waals surface area contributed by atoms with Crippen molar-refractivity contribution in [2.45, 2.75) is 51.0 Å². The highest BCUT2D eigenvalue weighted by Crippen LogP contribution is 2.50. The lowest BCUT2D eigenvalue weighted by molar-refractivity contribution is 0.213. The first kappa shape index (κ1) is 14.8. The number of nitrogens with zero attached hydrogens (tertiary/aromatic N) is 1. The van der Waals surface area contributed by atoms with Crippen molar-refractivity contribution in [2.24, 2.45) is 17.8 Å². The van der Waals surface area contributed by atoms with Crippen LogP contribution >= 0.6 is 0 Å². The molecule has 2 saturated carbocycles. The first-order valence-electron chi connectivity index (χ1n) is 8.08. The summed E-state index contributed by atoms with van der Waals surface area (Å²) in [7, 11) is -1.56. The van der Waals surface area contributed by atoms with Crippen molar-refractivity contribution in [1.29, 1.82) is 0 Å². The van der Waals surface area contributed by atoms with E-state index in [1.807, 2.05) is 0 Å². The van der Waals surface area contributed by atoms with Gasteiger partial charge in [-0.2, -0.15) is 4.31 Å². The highest BCUT2D eigenvalue weighted by Gasteiger charge is 2.43. The number of fused-ring (bicyclic) bond motifs is 2. The van der Waals surface area contributed by atoms with E-state index in [0.717, 1.165) is 43.6 Å². The first-order valence-corrected chi connectivity index (χ1v) is 9.69. The molecule has 0 unspecified atom stereocenters. The zero-order chi connectivity index (χ0) is 14.2. The van der Waals surface area contributed by atoms with Gasteiger partial charge in [-0.15, -0.1) is 0 Å². The van der Waals surface area contributed by atoms with Gasteiger partial charge in [-0.1, -0.05) is 6.42 Å². The molecule has 0 aromatic heterocycles. The van der Waals surface area contributed by atoms with Gasteiger partial charge in [-0.25, -0.2) is 8.42 Å². The van der Waals surface area contributed by atoms with E-state index in [0.29, 0.717) is 6.61 Å². The third kappa shape index (κ3) is 2.90. The molecule has 4 atom stereocenters. The molecule has 3 rings (SSSR count). The number of hydrogen-bond acceptors (Lipinski definition) is 3. The molecule has 116 valence electrons. The highest BCUT2D eigenvalue weighted by molar-refractivity contribution is 7.89. The van der Waals surface area contributed by atoms with Crippen LogP contribution in [-0.4, -0.2) is 44.8 Å². The van der Waals surface area contributed by atoms with Crippen LogP contribution in [0.2, 0.25) is 0 Å². The van der Waals surface area contributed by atoms with Crippen LogP contribution in [-0.2, 0) is 14.8 Å². The van der Waals surface area contributed by atoms with Crippen LogP contribution in [0.25, 0.3) is 0 Å². The van der Waals surface area contributed by atoms with Gasteiger partial charge in [0.15, 0.2) is 0 Å². The molecule has 0 amide bonds. The van der Waals surface area contributed by atoms with E-state index >= 15 is 0 Å². The van der Waals surface area contributed by atoms with Crippen molar-refractivity contribution in [1.82, 2.24) is 4.31 Å². The lowest BCUT2D eigenvalue weighted by Crippen LogP contribution is -2.39. The Morgan fingerprint density at radius 2 is 2.05 bits per heavy atom. The van der Waals surface area contributed by atoms with Gasteiger partial charge in [0.2, 0.25) is 10.0 Å². The Balaban J connectivity index is 1.61. The maximum Gasteiger partial charge on any atom is 0.216 e. The van der Waals surface area contributed by atoms with Crippen LogP contribution < -0.4 is 0 Å². The Bertz CT molecular complexity index is 436. The largest absolute Gasteiger partial charge is 0.384 e. The van der Waals surface area contributed by atoms with Crippen LogP contribution in [0.5, 0.6) is 0 Å². The quantitative estimate of drug-likeness (QED) is 0.756. The Kier molecular flexibility index (Phi) is 4.39. The Morgan fingerprint density at radius 3 is 2.70 bits per heavy atom. The minimum Gasteiger partial charge on any atom is -0.384 e. The van der Waals surface area contributed by atoms with Crippen molar-refractivity contribution >= 4 is 10.0 Å². The fraction of sp³-hybridized carbons (Fsp3) is 1.00. The molecule has 0 aromatic carbocycles. The second-order valence-corrected chi connectivity index (χ2v) is 8.93. The predicted octanol–water partition coefficient (Wildman–Crippen LogP) is 2.25. The molecule has 2 bridgehead atoms. The molecule has 5 heteroatoms. The molecule has 1 aliphatic heterocycles. The molecule has 4 nitrogen and oxygen atoms in total. The van der Waals surface area contributed by atoms with E-state index in [-0.39, 0.29) is 11.8 Å². The highest BCUT2D eigenvalue weighted by atomic mass is 32.2. The van der Waals surface area contributed by atoms with Crippen molar-refractivity contribution in [3.63, 3.8) is 0 Å². The van der Waals surface area contributed by atoms with Crippen molar-refractivity contribution in [3.8, 4) is 0 Å². The third-order valence-corrected chi connectivity index (χ3v) is 7.56. The summed E-state index contributed by atoms with van der Waals surface area (Å²) in [5, 5.41) is 0. The van der Waals surface area contributed by atoms with Crippen molar-refractivity contribution in [2.75, 3.05) is 26.0 Å². The Morgan fingerprint density at radius 1 is 1.20 bits per heavy atom. The van der Waals surface area contributed by atoms with Crippen LogP contribution in [0.15, 0.2) is 0 Å². The molecule has 0 aromatic rings. The van der Waals surface area contributed by atoms with Crippen LogP contribution in [0.4, 0.5) is 0 Å². The second-order valence-electron chi connectivity index (χ2n) is 6.89.